The monoisotopic (exact) mass is 457 g/mol. The van der Waals surface area contributed by atoms with Crippen molar-refractivity contribution in [3.05, 3.63) is 47.5 Å². The predicted octanol–water partition coefficient (Wildman–Crippen LogP) is 4.64. The molecule has 1 heterocycles. The largest absolute Gasteiger partial charge is 0.493 e. The number of fused-ring (bicyclic) bond motifs is 1. The fraction of sp³-hybridized carbons (Fsp3) is 0.300. The van der Waals surface area contributed by atoms with Crippen molar-refractivity contribution in [2.24, 2.45) is 0 Å². The van der Waals surface area contributed by atoms with Gasteiger partial charge in [0.2, 0.25) is 0 Å². The second-order valence-electron chi connectivity index (χ2n) is 5.95. The Kier molecular flexibility index (Phi) is 9.32. The van der Waals surface area contributed by atoms with Gasteiger partial charge in [-0.3, -0.25) is 0 Å². The highest BCUT2D eigenvalue weighted by molar-refractivity contribution is 6.30. The Bertz CT molecular complexity index is 978. The molecule has 0 saturated heterocycles. The van der Waals surface area contributed by atoms with E-state index >= 15 is 0 Å². The molecule has 3 rings (SSSR count). The van der Waals surface area contributed by atoms with Crippen molar-refractivity contribution in [2.75, 3.05) is 46.0 Å². The summed E-state index contributed by atoms with van der Waals surface area (Å²) in [6, 6.07) is 7.86. The Balaban J connectivity index is 0.00000320. The molecule has 10 heteroatoms. The molecule has 162 valence electrons. The zero-order valence-corrected chi connectivity index (χ0v) is 18.1. The number of benzene rings is 2. The molecule has 0 atom stereocenters. The van der Waals surface area contributed by atoms with Crippen molar-refractivity contribution < 1.29 is 23.3 Å². The van der Waals surface area contributed by atoms with Gasteiger partial charge in [-0.25, -0.2) is 14.4 Å². The smallest absolute Gasteiger partial charge is 0.163 e. The van der Waals surface area contributed by atoms with E-state index in [1.54, 1.807) is 38.5 Å². The minimum Gasteiger partial charge on any atom is -0.493 e. The molecular formula is C20H22Cl2FN3O4. The molecule has 0 aliphatic rings. The maximum Gasteiger partial charge on any atom is 0.163 e. The van der Waals surface area contributed by atoms with Crippen LogP contribution in [-0.4, -0.2) is 50.6 Å². The Morgan fingerprint density at radius 3 is 2.53 bits per heavy atom. The zero-order chi connectivity index (χ0) is 20.6. The molecule has 0 aliphatic carbocycles. The number of anilines is 2. The van der Waals surface area contributed by atoms with Crippen LogP contribution in [0.4, 0.5) is 15.9 Å². The van der Waals surface area contributed by atoms with Crippen LogP contribution in [-0.2, 0) is 9.47 Å². The van der Waals surface area contributed by atoms with Gasteiger partial charge in [0.15, 0.2) is 11.5 Å². The van der Waals surface area contributed by atoms with Crippen molar-refractivity contribution in [3.8, 4) is 11.5 Å². The predicted molar refractivity (Wildman–Crippen MR) is 116 cm³/mol. The van der Waals surface area contributed by atoms with E-state index in [1.807, 2.05) is 0 Å². The molecule has 3 aromatic rings. The summed E-state index contributed by atoms with van der Waals surface area (Å²) < 4.78 is 35.6. The highest BCUT2D eigenvalue weighted by Crippen LogP contribution is 2.35. The van der Waals surface area contributed by atoms with Gasteiger partial charge >= 0.3 is 0 Å². The quantitative estimate of drug-likeness (QED) is 0.444. The minimum atomic E-state index is -0.482. The first-order chi connectivity index (χ1) is 14.1. The third-order valence-electron chi connectivity index (χ3n) is 4.02. The normalized spacial score (nSPS) is 10.5. The molecule has 1 aromatic heterocycles. The third kappa shape index (κ3) is 6.06. The van der Waals surface area contributed by atoms with Gasteiger partial charge in [0, 0.05) is 23.6 Å². The highest BCUT2D eigenvalue weighted by atomic mass is 35.5. The lowest BCUT2D eigenvalue weighted by Crippen LogP contribution is -2.10. The van der Waals surface area contributed by atoms with Crippen LogP contribution in [0.3, 0.4) is 0 Å². The average Bonchev–Trinajstić information content (AvgIpc) is 2.72. The second-order valence-corrected chi connectivity index (χ2v) is 6.38. The standard InChI is InChI=1S/C20H21ClFN3O4.ClH/c1-26-5-6-28-7-8-29-19-11-17-14(10-18(19)27-2)20(24-12-23-17)25-16-4-3-13(21)9-15(16)22;/h3-4,9-12H,5-8H2,1-2H3,(H,23,24,25);1H. The van der Waals surface area contributed by atoms with E-state index < -0.39 is 5.82 Å². The van der Waals surface area contributed by atoms with Gasteiger partial charge in [-0.2, -0.15) is 0 Å². The molecule has 0 amide bonds. The molecule has 30 heavy (non-hydrogen) atoms. The number of nitrogens with one attached hydrogen (secondary N) is 1. The van der Waals surface area contributed by atoms with Crippen LogP contribution in [0.5, 0.6) is 11.5 Å². The topological polar surface area (TPSA) is 74.7 Å². The van der Waals surface area contributed by atoms with E-state index in [1.165, 1.54) is 12.4 Å². The first kappa shape index (κ1) is 23.9. The van der Waals surface area contributed by atoms with Crippen LogP contribution in [0.25, 0.3) is 10.9 Å². The van der Waals surface area contributed by atoms with Crippen LogP contribution in [0, 0.1) is 5.82 Å². The van der Waals surface area contributed by atoms with Crippen molar-refractivity contribution in [1.29, 1.82) is 0 Å². The van der Waals surface area contributed by atoms with Crippen LogP contribution in [0.15, 0.2) is 36.7 Å². The number of nitrogens with zero attached hydrogens (tertiary/aromatic N) is 2. The van der Waals surface area contributed by atoms with Gasteiger partial charge in [-0.15, -0.1) is 12.4 Å². The fourth-order valence-corrected chi connectivity index (χ4v) is 2.77. The van der Waals surface area contributed by atoms with E-state index in [-0.39, 0.29) is 18.1 Å². The number of hydrogen-bond donors (Lipinski definition) is 1. The van der Waals surface area contributed by atoms with Gasteiger partial charge in [-0.05, 0) is 24.3 Å². The summed E-state index contributed by atoms with van der Waals surface area (Å²) in [5, 5.41) is 3.94. The molecule has 0 bridgehead atoms. The number of methoxy groups -OCH3 is 2. The number of aromatic nitrogens is 2. The summed E-state index contributed by atoms with van der Waals surface area (Å²) in [7, 11) is 3.16. The SMILES string of the molecule is COCCOCCOc1cc2ncnc(Nc3ccc(Cl)cc3F)c2cc1OC.Cl. The lowest BCUT2D eigenvalue weighted by molar-refractivity contribution is 0.0540. The van der Waals surface area contributed by atoms with Gasteiger partial charge in [0.05, 0.1) is 38.1 Å². The van der Waals surface area contributed by atoms with Crippen molar-refractivity contribution in [3.63, 3.8) is 0 Å². The van der Waals surface area contributed by atoms with Crippen molar-refractivity contribution in [1.82, 2.24) is 9.97 Å². The summed E-state index contributed by atoms with van der Waals surface area (Å²) >= 11 is 5.81. The summed E-state index contributed by atoms with van der Waals surface area (Å²) in [4.78, 5) is 8.50. The summed E-state index contributed by atoms with van der Waals surface area (Å²) in [5.74, 6) is 0.982. The Labute approximate surface area is 184 Å². The van der Waals surface area contributed by atoms with Crippen LogP contribution < -0.4 is 14.8 Å². The summed E-state index contributed by atoms with van der Waals surface area (Å²) in [6.07, 6.45) is 1.39. The minimum absolute atomic E-state index is 0. The van der Waals surface area contributed by atoms with E-state index in [2.05, 4.69) is 15.3 Å². The number of ether oxygens (including phenoxy) is 4. The summed E-state index contributed by atoms with van der Waals surface area (Å²) in [6.45, 7) is 1.78. The van der Waals surface area contributed by atoms with Crippen molar-refractivity contribution in [2.45, 2.75) is 0 Å². The third-order valence-corrected chi connectivity index (χ3v) is 4.26. The number of rotatable bonds is 10. The second kappa shape index (κ2) is 11.7. The summed E-state index contributed by atoms with van der Waals surface area (Å²) in [5.41, 5.74) is 0.870. The zero-order valence-electron chi connectivity index (χ0n) is 16.5. The van der Waals surface area contributed by atoms with E-state index in [9.17, 15) is 4.39 Å². The molecule has 0 aliphatic heterocycles. The van der Waals surface area contributed by atoms with E-state index in [4.69, 9.17) is 30.5 Å². The molecule has 0 fully saturated rings. The highest BCUT2D eigenvalue weighted by Gasteiger charge is 2.13. The molecule has 0 spiro atoms. The average molecular weight is 458 g/mol. The van der Waals surface area contributed by atoms with Gasteiger partial charge in [0.25, 0.3) is 0 Å². The van der Waals surface area contributed by atoms with Crippen LogP contribution in [0.1, 0.15) is 0 Å². The lowest BCUT2D eigenvalue weighted by Gasteiger charge is -2.14. The molecule has 1 N–H and O–H groups in total. The number of halogens is 3. The van der Waals surface area contributed by atoms with Gasteiger partial charge in [0.1, 0.15) is 24.6 Å². The molecular weight excluding hydrogens is 436 g/mol. The molecule has 7 nitrogen and oxygen atoms in total. The molecule has 0 saturated carbocycles. The van der Waals surface area contributed by atoms with Crippen molar-refractivity contribution >= 4 is 46.4 Å². The lowest BCUT2D eigenvalue weighted by atomic mass is 10.2. The Morgan fingerprint density at radius 1 is 1.00 bits per heavy atom. The first-order valence-corrected chi connectivity index (χ1v) is 9.24. The first-order valence-electron chi connectivity index (χ1n) is 8.86. The van der Waals surface area contributed by atoms with Gasteiger partial charge in [-0.1, -0.05) is 11.6 Å². The van der Waals surface area contributed by atoms with E-state index in [0.29, 0.717) is 59.7 Å². The Morgan fingerprint density at radius 2 is 1.80 bits per heavy atom. The molecule has 2 aromatic carbocycles. The van der Waals surface area contributed by atoms with E-state index in [0.717, 1.165) is 0 Å². The van der Waals surface area contributed by atoms with Crippen LogP contribution >= 0.6 is 24.0 Å². The molecule has 0 unspecified atom stereocenters. The maximum atomic E-state index is 14.1. The maximum absolute atomic E-state index is 14.1. The van der Waals surface area contributed by atoms with Crippen LogP contribution in [0.2, 0.25) is 5.02 Å². The Hall–Kier alpha value is -2.39. The molecule has 0 radical (unpaired) electrons. The number of hydrogen-bond acceptors (Lipinski definition) is 7. The fourth-order valence-electron chi connectivity index (χ4n) is 2.61. The van der Waals surface area contributed by atoms with Gasteiger partial charge < -0.3 is 24.3 Å².